The number of carboxylic acid groups (broad SMARTS) is 1. The zero-order chi connectivity index (χ0) is 19.1. The predicted molar refractivity (Wildman–Crippen MR) is 93.7 cm³/mol. The SMILES string of the molecule is COc1cc(/C=C(\CC(=O)N2CCOCC2)C(=O)O)cc(OC)c1OC. The Bertz CT molecular complexity index is 668. The van der Waals surface area contributed by atoms with Crippen molar-refractivity contribution in [1.29, 1.82) is 0 Å². The van der Waals surface area contributed by atoms with Gasteiger partial charge in [0.2, 0.25) is 11.7 Å². The molecule has 1 fully saturated rings. The Labute approximate surface area is 151 Å². The Kier molecular flexibility index (Phi) is 6.85. The fourth-order valence-corrected chi connectivity index (χ4v) is 2.66. The first-order valence-corrected chi connectivity index (χ1v) is 8.09. The fraction of sp³-hybridized carbons (Fsp3) is 0.444. The van der Waals surface area contributed by atoms with Crippen molar-refractivity contribution in [2.24, 2.45) is 0 Å². The number of carbonyl (C=O) groups is 2. The number of carbonyl (C=O) groups excluding carboxylic acids is 1. The molecule has 0 bridgehead atoms. The molecule has 1 aliphatic heterocycles. The molecule has 0 saturated carbocycles. The number of rotatable bonds is 7. The van der Waals surface area contributed by atoms with Crippen LogP contribution in [0, 0.1) is 0 Å². The lowest BCUT2D eigenvalue weighted by Crippen LogP contribution is -2.41. The van der Waals surface area contributed by atoms with Gasteiger partial charge in [-0.3, -0.25) is 4.79 Å². The van der Waals surface area contributed by atoms with Gasteiger partial charge in [0.25, 0.3) is 0 Å². The molecule has 142 valence electrons. The highest BCUT2D eigenvalue weighted by atomic mass is 16.5. The summed E-state index contributed by atoms with van der Waals surface area (Å²) in [6, 6.07) is 3.26. The minimum absolute atomic E-state index is 0.0178. The molecule has 0 spiro atoms. The lowest BCUT2D eigenvalue weighted by Gasteiger charge is -2.26. The zero-order valence-electron chi connectivity index (χ0n) is 15.1. The second-order valence-electron chi connectivity index (χ2n) is 5.60. The lowest BCUT2D eigenvalue weighted by molar-refractivity contribution is -0.138. The average Bonchev–Trinajstić information content (AvgIpc) is 2.66. The number of amides is 1. The zero-order valence-corrected chi connectivity index (χ0v) is 15.1. The lowest BCUT2D eigenvalue weighted by atomic mass is 10.1. The number of hydrogen-bond acceptors (Lipinski definition) is 6. The van der Waals surface area contributed by atoms with Crippen molar-refractivity contribution in [3.05, 3.63) is 23.3 Å². The van der Waals surface area contributed by atoms with Crippen LogP contribution >= 0.6 is 0 Å². The van der Waals surface area contributed by atoms with E-state index in [1.165, 1.54) is 27.4 Å². The van der Waals surface area contributed by atoms with Gasteiger partial charge in [-0.25, -0.2) is 4.79 Å². The monoisotopic (exact) mass is 365 g/mol. The molecule has 0 radical (unpaired) electrons. The predicted octanol–water partition coefficient (Wildman–Crippen LogP) is 1.43. The van der Waals surface area contributed by atoms with E-state index in [0.29, 0.717) is 49.1 Å². The minimum atomic E-state index is -1.15. The molecule has 1 heterocycles. The number of aliphatic carboxylic acids is 1. The number of ether oxygens (including phenoxy) is 4. The van der Waals surface area contributed by atoms with Crippen LogP contribution < -0.4 is 14.2 Å². The minimum Gasteiger partial charge on any atom is -0.493 e. The van der Waals surface area contributed by atoms with Gasteiger partial charge in [-0.05, 0) is 23.8 Å². The Morgan fingerprint density at radius 1 is 1.12 bits per heavy atom. The van der Waals surface area contributed by atoms with Crippen LogP contribution in [0.4, 0.5) is 0 Å². The van der Waals surface area contributed by atoms with Crippen LogP contribution in [0.5, 0.6) is 17.2 Å². The molecule has 0 unspecified atom stereocenters. The smallest absolute Gasteiger partial charge is 0.332 e. The van der Waals surface area contributed by atoms with E-state index in [-0.39, 0.29) is 17.9 Å². The molecular weight excluding hydrogens is 342 g/mol. The number of methoxy groups -OCH3 is 3. The van der Waals surface area contributed by atoms with Crippen LogP contribution in [0.2, 0.25) is 0 Å². The normalized spacial score (nSPS) is 14.7. The topological polar surface area (TPSA) is 94.5 Å². The second kappa shape index (κ2) is 9.10. The summed E-state index contributed by atoms with van der Waals surface area (Å²) in [6.07, 6.45) is 1.23. The number of morpholine rings is 1. The molecule has 1 aromatic carbocycles. The average molecular weight is 365 g/mol. The van der Waals surface area contributed by atoms with Gasteiger partial charge in [0.1, 0.15) is 0 Å². The summed E-state index contributed by atoms with van der Waals surface area (Å²) in [6.45, 7) is 1.86. The first-order valence-electron chi connectivity index (χ1n) is 8.09. The van der Waals surface area contributed by atoms with Crippen LogP contribution in [0.15, 0.2) is 17.7 Å². The van der Waals surface area contributed by atoms with Crippen molar-refractivity contribution in [1.82, 2.24) is 4.90 Å². The third-order valence-electron chi connectivity index (χ3n) is 4.01. The Morgan fingerprint density at radius 2 is 1.69 bits per heavy atom. The van der Waals surface area contributed by atoms with E-state index in [4.69, 9.17) is 18.9 Å². The van der Waals surface area contributed by atoms with Gasteiger partial charge in [-0.1, -0.05) is 0 Å². The van der Waals surface area contributed by atoms with Gasteiger partial charge < -0.3 is 29.0 Å². The molecule has 0 aliphatic carbocycles. The van der Waals surface area contributed by atoms with Gasteiger partial charge in [0.15, 0.2) is 11.5 Å². The Hall–Kier alpha value is -2.74. The third-order valence-corrected chi connectivity index (χ3v) is 4.01. The fourth-order valence-electron chi connectivity index (χ4n) is 2.66. The number of nitrogens with zero attached hydrogens (tertiary/aromatic N) is 1. The highest BCUT2D eigenvalue weighted by molar-refractivity contribution is 5.98. The number of benzene rings is 1. The number of hydrogen-bond donors (Lipinski definition) is 1. The van der Waals surface area contributed by atoms with Crippen LogP contribution in [0.1, 0.15) is 12.0 Å². The van der Waals surface area contributed by atoms with Crippen molar-refractivity contribution in [2.45, 2.75) is 6.42 Å². The highest BCUT2D eigenvalue weighted by Crippen LogP contribution is 2.38. The molecule has 1 amide bonds. The van der Waals surface area contributed by atoms with Gasteiger partial charge in [0.05, 0.1) is 41.0 Å². The third kappa shape index (κ3) is 4.66. The van der Waals surface area contributed by atoms with Crippen LogP contribution in [0.3, 0.4) is 0 Å². The van der Waals surface area contributed by atoms with Crippen molar-refractivity contribution < 1.29 is 33.6 Å². The summed E-state index contributed by atoms with van der Waals surface area (Å²) in [5, 5.41) is 9.48. The summed E-state index contributed by atoms with van der Waals surface area (Å²) in [7, 11) is 4.44. The molecule has 2 rings (SSSR count). The van der Waals surface area contributed by atoms with Gasteiger partial charge in [-0.2, -0.15) is 0 Å². The molecule has 8 heteroatoms. The van der Waals surface area contributed by atoms with Gasteiger partial charge in [-0.15, -0.1) is 0 Å². The largest absolute Gasteiger partial charge is 0.493 e. The highest BCUT2D eigenvalue weighted by Gasteiger charge is 2.21. The van der Waals surface area contributed by atoms with E-state index in [2.05, 4.69) is 0 Å². The van der Waals surface area contributed by atoms with Crippen LogP contribution in [-0.2, 0) is 14.3 Å². The van der Waals surface area contributed by atoms with Crippen molar-refractivity contribution >= 4 is 18.0 Å². The molecule has 0 atom stereocenters. The van der Waals surface area contributed by atoms with Gasteiger partial charge >= 0.3 is 5.97 Å². The van der Waals surface area contributed by atoms with E-state index >= 15 is 0 Å². The van der Waals surface area contributed by atoms with Crippen molar-refractivity contribution in [3.63, 3.8) is 0 Å². The van der Waals surface area contributed by atoms with E-state index < -0.39 is 5.97 Å². The van der Waals surface area contributed by atoms with Crippen LogP contribution in [0.25, 0.3) is 6.08 Å². The molecule has 1 aromatic rings. The maximum absolute atomic E-state index is 12.3. The maximum Gasteiger partial charge on any atom is 0.332 e. The summed E-state index contributed by atoms with van der Waals surface area (Å²) >= 11 is 0. The quantitative estimate of drug-likeness (QED) is 0.731. The standard InChI is InChI=1S/C18H23NO7/c1-23-14-9-12(10-15(24-2)17(14)25-3)8-13(18(21)22)11-16(20)19-4-6-26-7-5-19/h8-10H,4-7,11H2,1-3H3,(H,21,22)/b13-8+. The van der Waals surface area contributed by atoms with E-state index in [1.807, 2.05) is 0 Å². The first-order chi connectivity index (χ1) is 12.5. The molecule has 26 heavy (non-hydrogen) atoms. The summed E-state index contributed by atoms with van der Waals surface area (Å²) in [4.78, 5) is 25.6. The summed E-state index contributed by atoms with van der Waals surface area (Å²) in [5.74, 6) is -0.173. The Morgan fingerprint density at radius 3 is 2.15 bits per heavy atom. The second-order valence-corrected chi connectivity index (χ2v) is 5.60. The van der Waals surface area contributed by atoms with Crippen molar-refractivity contribution in [2.75, 3.05) is 47.6 Å². The Balaban J connectivity index is 2.30. The molecule has 1 aliphatic rings. The summed E-state index contributed by atoms with van der Waals surface area (Å²) < 4.78 is 21.0. The maximum atomic E-state index is 12.3. The molecular formula is C18H23NO7. The van der Waals surface area contributed by atoms with E-state index in [1.54, 1.807) is 17.0 Å². The van der Waals surface area contributed by atoms with E-state index in [0.717, 1.165) is 0 Å². The number of carboxylic acids is 1. The molecule has 1 N–H and O–H groups in total. The molecule has 1 saturated heterocycles. The van der Waals surface area contributed by atoms with Crippen LogP contribution in [-0.4, -0.2) is 69.5 Å². The summed E-state index contributed by atoms with van der Waals surface area (Å²) in [5.41, 5.74) is 0.516. The van der Waals surface area contributed by atoms with E-state index in [9.17, 15) is 14.7 Å². The molecule has 0 aromatic heterocycles. The van der Waals surface area contributed by atoms with Crippen molar-refractivity contribution in [3.8, 4) is 17.2 Å². The van der Waals surface area contributed by atoms with Gasteiger partial charge in [0, 0.05) is 18.7 Å². The first kappa shape index (κ1) is 19.6. The molecule has 8 nitrogen and oxygen atoms in total.